The highest BCUT2D eigenvalue weighted by Crippen LogP contribution is 2.22. The largest absolute Gasteiger partial charge is 0.353 e. The Labute approximate surface area is 134 Å². The molecule has 0 amide bonds. The van der Waals surface area contributed by atoms with Crippen LogP contribution in [0.4, 0.5) is 5.95 Å². The number of hydrogen-bond donors (Lipinski definition) is 2. The van der Waals surface area contributed by atoms with E-state index in [2.05, 4.69) is 15.3 Å². The van der Waals surface area contributed by atoms with E-state index in [4.69, 9.17) is 11.6 Å². The lowest BCUT2D eigenvalue weighted by molar-refractivity contribution is 0.614. The van der Waals surface area contributed by atoms with Gasteiger partial charge in [-0.15, -0.1) is 0 Å². The van der Waals surface area contributed by atoms with E-state index < -0.39 is 0 Å². The summed E-state index contributed by atoms with van der Waals surface area (Å²) in [7, 11) is 0. The zero-order valence-corrected chi connectivity index (χ0v) is 13.2. The maximum atomic E-state index is 11.9. The third-order valence-corrected chi connectivity index (χ3v) is 4.33. The van der Waals surface area contributed by atoms with Crippen molar-refractivity contribution in [2.75, 3.05) is 5.32 Å². The summed E-state index contributed by atoms with van der Waals surface area (Å²) in [6.07, 6.45) is 7.33. The molecule has 5 heteroatoms. The number of nitrogens with one attached hydrogen (secondary N) is 2. The van der Waals surface area contributed by atoms with Crippen LogP contribution in [-0.2, 0) is 0 Å². The molecule has 0 saturated heterocycles. The number of aromatic nitrogens is 2. The van der Waals surface area contributed by atoms with Crippen molar-refractivity contribution in [3.63, 3.8) is 0 Å². The first-order valence-corrected chi connectivity index (χ1v) is 8.22. The smallest absolute Gasteiger partial charge is 0.252 e. The summed E-state index contributed by atoms with van der Waals surface area (Å²) >= 11 is 5.91. The van der Waals surface area contributed by atoms with Gasteiger partial charge in [-0.05, 0) is 25.0 Å². The van der Waals surface area contributed by atoms with Crippen molar-refractivity contribution in [2.45, 2.75) is 44.6 Å². The van der Waals surface area contributed by atoms with Gasteiger partial charge in [0.05, 0.1) is 5.69 Å². The van der Waals surface area contributed by atoms with Crippen LogP contribution in [0, 0.1) is 0 Å². The highest BCUT2D eigenvalue weighted by atomic mass is 35.5. The Kier molecular flexibility index (Phi) is 4.78. The van der Waals surface area contributed by atoms with Crippen LogP contribution in [0.25, 0.3) is 11.3 Å². The van der Waals surface area contributed by atoms with Crippen molar-refractivity contribution in [3.05, 3.63) is 45.7 Å². The average molecular weight is 318 g/mol. The van der Waals surface area contributed by atoms with Crippen LogP contribution in [0.3, 0.4) is 0 Å². The van der Waals surface area contributed by atoms with Crippen molar-refractivity contribution in [3.8, 4) is 11.3 Å². The molecule has 1 aliphatic carbocycles. The predicted molar refractivity (Wildman–Crippen MR) is 90.4 cm³/mol. The number of benzene rings is 1. The van der Waals surface area contributed by atoms with E-state index in [-0.39, 0.29) is 5.56 Å². The molecule has 1 fully saturated rings. The van der Waals surface area contributed by atoms with Crippen LogP contribution < -0.4 is 10.9 Å². The molecular weight excluding hydrogens is 298 g/mol. The highest BCUT2D eigenvalue weighted by molar-refractivity contribution is 6.30. The van der Waals surface area contributed by atoms with Gasteiger partial charge in [-0.1, -0.05) is 49.4 Å². The van der Waals surface area contributed by atoms with Crippen molar-refractivity contribution >= 4 is 17.5 Å². The molecule has 2 aromatic rings. The molecule has 0 unspecified atom stereocenters. The zero-order valence-electron chi connectivity index (χ0n) is 12.4. The summed E-state index contributed by atoms with van der Waals surface area (Å²) in [6.45, 7) is 0. The fourth-order valence-electron chi connectivity index (χ4n) is 2.91. The van der Waals surface area contributed by atoms with Crippen molar-refractivity contribution < 1.29 is 0 Å². The van der Waals surface area contributed by atoms with Gasteiger partial charge in [0.2, 0.25) is 5.95 Å². The summed E-state index contributed by atoms with van der Waals surface area (Å²) in [5.41, 5.74) is 1.41. The second-order valence-corrected chi connectivity index (χ2v) is 6.26. The third-order valence-electron chi connectivity index (χ3n) is 4.08. The highest BCUT2D eigenvalue weighted by Gasteiger charge is 2.13. The number of H-pyrrole nitrogens is 1. The number of halogens is 1. The summed E-state index contributed by atoms with van der Waals surface area (Å²) in [5, 5.41) is 4.06. The molecule has 1 aromatic carbocycles. The minimum atomic E-state index is -0.143. The van der Waals surface area contributed by atoms with Crippen LogP contribution in [0.15, 0.2) is 35.1 Å². The first-order valence-electron chi connectivity index (χ1n) is 7.84. The maximum Gasteiger partial charge on any atom is 0.252 e. The molecule has 3 rings (SSSR count). The molecule has 1 saturated carbocycles. The second-order valence-electron chi connectivity index (χ2n) is 5.82. The van der Waals surface area contributed by atoms with Crippen molar-refractivity contribution in [1.29, 1.82) is 0 Å². The van der Waals surface area contributed by atoms with Crippen LogP contribution in [0.2, 0.25) is 5.02 Å². The maximum absolute atomic E-state index is 11.9. The number of rotatable bonds is 3. The van der Waals surface area contributed by atoms with Gasteiger partial charge in [-0.25, -0.2) is 4.98 Å². The van der Waals surface area contributed by atoms with Gasteiger partial charge in [0.15, 0.2) is 0 Å². The minimum Gasteiger partial charge on any atom is -0.353 e. The molecule has 0 spiro atoms. The van der Waals surface area contributed by atoms with Crippen LogP contribution >= 0.6 is 11.6 Å². The number of hydrogen-bond acceptors (Lipinski definition) is 3. The molecule has 1 aromatic heterocycles. The van der Waals surface area contributed by atoms with E-state index in [1.165, 1.54) is 31.7 Å². The zero-order chi connectivity index (χ0) is 15.4. The number of aromatic amines is 1. The Hall–Kier alpha value is -1.81. The summed E-state index contributed by atoms with van der Waals surface area (Å²) in [6, 6.07) is 9.27. The Morgan fingerprint density at radius 1 is 1.09 bits per heavy atom. The Morgan fingerprint density at radius 3 is 2.45 bits per heavy atom. The average Bonchev–Trinajstić information content (AvgIpc) is 2.76. The Bertz CT molecular complexity index is 673. The lowest BCUT2D eigenvalue weighted by Crippen LogP contribution is -2.22. The molecule has 0 atom stereocenters. The van der Waals surface area contributed by atoms with Gasteiger partial charge < -0.3 is 5.32 Å². The van der Waals surface area contributed by atoms with Gasteiger partial charge in [0, 0.05) is 22.7 Å². The number of anilines is 1. The van der Waals surface area contributed by atoms with E-state index in [1.807, 2.05) is 12.1 Å². The first-order chi connectivity index (χ1) is 10.7. The molecule has 4 nitrogen and oxygen atoms in total. The van der Waals surface area contributed by atoms with Gasteiger partial charge in [-0.2, -0.15) is 0 Å². The Morgan fingerprint density at radius 2 is 1.77 bits per heavy atom. The van der Waals surface area contributed by atoms with E-state index in [0.29, 0.717) is 22.7 Å². The molecule has 0 radical (unpaired) electrons. The molecule has 116 valence electrons. The van der Waals surface area contributed by atoms with Crippen molar-refractivity contribution in [1.82, 2.24) is 9.97 Å². The lowest BCUT2D eigenvalue weighted by Gasteiger charge is -2.16. The molecule has 2 N–H and O–H groups in total. The van der Waals surface area contributed by atoms with Crippen LogP contribution in [-0.4, -0.2) is 16.0 Å². The SMILES string of the molecule is O=c1cc(-c2ccc(Cl)cc2)nc(NC2CCCCCC2)[nH]1. The fraction of sp³-hybridized carbons (Fsp3) is 0.412. The third kappa shape index (κ3) is 3.89. The molecule has 0 bridgehead atoms. The van der Waals surface area contributed by atoms with Gasteiger partial charge >= 0.3 is 0 Å². The van der Waals surface area contributed by atoms with Gasteiger partial charge in [-0.3, -0.25) is 9.78 Å². The first kappa shape index (κ1) is 15.1. The van der Waals surface area contributed by atoms with Gasteiger partial charge in [0.25, 0.3) is 5.56 Å². The molecular formula is C17H20ClN3O. The fourth-order valence-corrected chi connectivity index (χ4v) is 3.04. The summed E-state index contributed by atoms with van der Waals surface area (Å²) < 4.78 is 0. The normalized spacial score (nSPS) is 16.2. The monoisotopic (exact) mass is 317 g/mol. The topological polar surface area (TPSA) is 57.8 Å². The Balaban J connectivity index is 1.83. The van der Waals surface area contributed by atoms with E-state index >= 15 is 0 Å². The minimum absolute atomic E-state index is 0.143. The van der Waals surface area contributed by atoms with Gasteiger partial charge in [0.1, 0.15) is 0 Å². The van der Waals surface area contributed by atoms with E-state index in [1.54, 1.807) is 12.1 Å². The number of nitrogens with zero attached hydrogens (tertiary/aromatic N) is 1. The summed E-state index contributed by atoms with van der Waals surface area (Å²) in [5.74, 6) is 0.560. The predicted octanol–water partition coefficient (Wildman–Crippen LogP) is 4.23. The van der Waals surface area contributed by atoms with Crippen LogP contribution in [0.5, 0.6) is 0 Å². The molecule has 0 aliphatic heterocycles. The quantitative estimate of drug-likeness (QED) is 0.833. The van der Waals surface area contributed by atoms with E-state index in [9.17, 15) is 4.79 Å². The molecule has 1 heterocycles. The molecule has 1 aliphatic rings. The van der Waals surface area contributed by atoms with E-state index in [0.717, 1.165) is 18.4 Å². The van der Waals surface area contributed by atoms with Crippen LogP contribution in [0.1, 0.15) is 38.5 Å². The summed E-state index contributed by atoms with van der Waals surface area (Å²) in [4.78, 5) is 19.2. The second kappa shape index (κ2) is 6.97. The molecule has 22 heavy (non-hydrogen) atoms. The van der Waals surface area contributed by atoms with Crippen molar-refractivity contribution in [2.24, 2.45) is 0 Å². The lowest BCUT2D eigenvalue weighted by atomic mass is 10.1. The standard InChI is InChI=1S/C17H20ClN3O/c18-13-9-7-12(8-10-13)15-11-16(22)21-17(20-15)19-14-5-3-1-2-4-6-14/h7-11,14H,1-6H2,(H2,19,20,21,22).